The van der Waals surface area contributed by atoms with Crippen LogP contribution in [0.3, 0.4) is 0 Å². The van der Waals surface area contributed by atoms with Gasteiger partial charge in [0.25, 0.3) is 0 Å². The molecule has 0 aliphatic carbocycles. The minimum Gasteiger partial charge on any atom is -0.378 e. The molecule has 1 aliphatic heterocycles. The number of thiazole rings is 1. The number of fused-ring (bicyclic) bond motifs is 1. The molecule has 0 saturated carbocycles. The van der Waals surface area contributed by atoms with Crippen molar-refractivity contribution in [1.82, 2.24) is 10.3 Å². The van der Waals surface area contributed by atoms with Crippen LogP contribution in [-0.2, 0) is 21.3 Å². The standard InChI is InChI=1S/C13H13N3O4S2/c14-13(17)12-9-2-1-3-10(8(9)4-5-16-12)20-22(18,19)11-6-15-7-21-11/h1-3,6-7,12,16H,4-5H2,(H2,14,17). The number of hydrogen-bond acceptors (Lipinski definition) is 7. The zero-order valence-electron chi connectivity index (χ0n) is 11.4. The number of nitrogens with one attached hydrogen (secondary N) is 1. The molecule has 2 heterocycles. The molecule has 1 unspecified atom stereocenters. The Kier molecular flexibility index (Phi) is 3.85. The fourth-order valence-corrected chi connectivity index (χ4v) is 4.11. The lowest BCUT2D eigenvalue weighted by Gasteiger charge is -2.25. The summed E-state index contributed by atoms with van der Waals surface area (Å²) in [5.41, 5.74) is 8.12. The number of nitrogens with zero attached hydrogens (tertiary/aromatic N) is 1. The summed E-state index contributed by atoms with van der Waals surface area (Å²) < 4.78 is 29.7. The number of benzene rings is 1. The third-order valence-electron chi connectivity index (χ3n) is 3.34. The van der Waals surface area contributed by atoms with Crippen molar-refractivity contribution in [1.29, 1.82) is 0 Å². The van der Waals surface area contributed by atoms with Gasteiger partial charge in [0.05, 0.1) is 11.7 Å². The lowest BCUT2D eigenvalue weighted by Crippen LogP contribution is -2.38. The first-order valence-electron chi connectivity index (χ1n) is 6.46. The van der Waals surface area contributed by atoms with Crippen molar-refractivity contribution in [2.75, 3.05) is 6.54 Å². The highest BCUT2D eigenvalue weighted by atomic mass is 32.3. The molecule has 116 valence electrons. The molecule has 3 N–H and O–H groups in total. The van der Waals surface area contributed by atoms with Gasteiger partial charge in [-0.15, -0.1) is 11.3 Å². The number of hydrogen-bond donors (Lipinski definition) is 2. The van der Waals surface area contributed by atoms with Gasteiger partial charge in [-0.05, 0) is 18.1 Å². The van der Waals surface area contributed by atoms with E-state index >= 15 is 0 Å². The molecule has 0 bridgehead atoms. The van der Waals surface area contributed by atoms with Crippen LogP contribution in [0.15, 0.2) is 34.1 Å². The van der Waals surface area contributed by atoms with Crippen molar-refractivity contribution < 1.29 is 17.4 Å². The zero-order valence-corrected chi connectivity index (χ0v) is 13.0. The van der Waals surface area contributed by atoms with Crippen molar-refractivity contribution in [3.63, 3.8) is 0 Å². The van der Waals surface area contributed by atoms with E-state index in [9.17, 15) is 13.2 Å². The van der Waals surface area contributed by atoms with E-state index < -0.39 is 22.1 Å². The van der Waals surface area contributed by atoms with Crippen LogP contribution in [0, 0.1) is 0 Å². The first-order chi connectivity index (χ1) is 10.5. The summed E-state index contributed by atoms with van der Waals surface area (Å²) in [5.74, 6) is -0.290. The Morgan fingerprint density at radius 1 is 1.45 bits per heavy atom. The van der Waals surface area contributed by atoms with E-state index in [4.69, 9.17) is 9.92 Å². The van der Waals surface area contributed by atoms with E-state index in [0.29, 0.717) is 24.1 Å². The van der Waals surface area contributed by atoms with Crippen LogP contribution >= 0.6 is 11.3 Å². The fourth-order valence-electron chi connectivity index (χ4n) is 2.39. The Hall–Kier alpha value is -1.97. The Balaban J connectivity index is 2.00. The van der Waals surface area contributed by atoms with Gasteiger partial charge in [-0.1, -0.05) is 12.1 Å². The number of nitrogens with two attached hydrogens (primary N) is 1. The zero-order chi connectivity index (χ0) is 15.7. The summed E-state index contributed by atoms with van der Waals surface area (Å²) in [5, 5.41) is 3.00. The summed E-state index contributed by atoms with van der Waals surface area (Å²) in [6, 6.07) is 4.31. The highest BCUT2D eigenvalue weighted by molar-refractivity contribution is 7.89. The van der Waals surface area contributed by atoms with Gasteiger partial charge in [0.2, 0.25) is 5.91 Å². The average molecular weight is 339 g/mol. The quantitative estimate of drug-likeness (QED) is 0.788. The second-order valence-electron chi connectivity index (χ2n) is 4.72. The van der Waals surface area contributed by atoms with E-state index in [1.54, 1.807) is 18.2 Å². The number of amides is 1. The van der Waals surface area contributed by atoms with Crippen LogP contribution in [0.1, 0.15) is 17.2 Å². The van der Waals surface area contributed by atoms with Crippen LogP contribution in [-0.4, -0.2) is 25.9 Å². The van der Waals surface area contributed by atoms with E-state index in [0.717, 1.165) is 11.3 Å². The van der Waals surface area contributed by atoms with Gasteiger partial charge in [-0.3, -0.25) is 9.78 Å². The van der Waals surface area contributed by atoms with Crippen LogP contribution in [0.2, 0.25) is 0 Å². The van der Waals surface area contributed by atoms with E-state index in [1.165, 1.54) is 11.7 Å². The third kappa shape index (κ3) is 2.70. The highest BCUT2D eigenvalue weighted by Gasteiger charge is 2.28. The molecule has 1 aromatic carbocycles. The largest absolute Gasteiger partial charge is 0.378 e. The van der Waals surface area contributed by atoms with E-state index in [1.807, 2.05) is 0 Å². The van der Waals surface area contributed by atoms with Crippen LogP contribution in [0.4, 0.5) is 0 Å². The summed E-state index contributed by atoms with van der Waals surface area (Å²) in [4.78, 5) is 15.2. The number of primary amides is 1. The van der Waals surface area contributed by atoms with Gasteiger partial charge in [0.1, 0.15) is 11.8 Å². The van der Waals surface area contributed by atoms with Crippen LogP contribution in [0.5, 0.6) is 5.75 Å². The maximum absolute atomic E-state index is 12.2. The average Bonchev–Trinajstić information content (AvgIpc) is 3.01. The number of aromatic nitrogens is 1. The smallest absolute Gasteiger partial charge is 0.350 e. The Bertz CT molecular complexity index is 803. The third-order valence-corrected chi connectivity index (χ3v) is 5.81. The van der Waals surface area contributed by atoms with Crippen LogP contribution < -0.4 is 15.2 Å². The topological polar surface area (TPSA) is 111 Å². The summed E-state index contributed by atoms with van der Waals surface area (Å²) in [6.45, 7) is 0.515. The summed E-state index contributed by atoms with van der Waals surface area (Å²) >= 11 is 0.981. The van der Waals surface area contributed by atoms with Crippen molar-refractivity contribution in [3.8, 4) is 5.75 Å². The minimum atomic E-state index is -3.92. The second kappa shape index (κ2) is 5.67. The molecule has 3 rings (SSSR count). The molecule has 0 radical (unpaired) electrons. The van der Waals surface area contributed by atoms with Crippen LogP contribution in [0.25, 0.3) is 0 Å². The van der Waals surface area contributed by atoms with Gasteiger partial charge < -0.3 is 15.2 Å². The molecular weight excluding hydrogens is 326 g/mol. The molecule has 7 nitrogen and oxygen atoms in total. The molecule has 22 heavy (non-hydrogen) atoms. The Morgan fingerprint density at radius 3 is 2.95 bits per heavy atom. The van der Waals surface area contributed by atoms with Gasteiger partial charge in [-0.2, -0.15) is 8.42 Å². The van der Waals surface area contributed by atoms with E-state index in [2.05, 4.69) is 10.3 Å². The molecule has 0 fully saturated rings. The lowest BCUT2D eigenvalue weighted by molar-refractivity contribution is -0.120. The Morgan fingerprint density at radius 2 is 2.27 bits per heavy atom. The first-order valence-corrected chi connectivity index (χ1v) is 8.75. The molecule has 1 amide bonds. The van der Waals surface area contributed by atoms with E-state index in [-0.39, 0.29) is 9.96 Å². The fraction of sp³-hybridized carbons (Fsp3) is 0.231. The molecule has 0 spiro atoms. The van der Waals surface area contributed by atoms with Gasteiger partial charge in [0.15, 0.2) is 4.21 Å². The predicted molar refractivity (Wildman–Crippen MR) is 80.0 cm³/mol. The lowest BCUT2D eigenvalue weighted by atomic mass is 9.93. The summed E-state index contributed by atoms with van der Waals surface area (Å²) in [7, 11) is -3.92. The number of carbonyl (C=O) groups is 1. The van der Waals surface area contributed by atoms with Crippen molar-refractivity contribution in [2.24, 2.45) is 5.73 Å². The van der Waals surface area contributed by atoms with Crippen molar-refractivity contribution in [3.05, 3.63) is 41.0 Å². The van der Waals surface area contributed by atoms with Crippen molar-refractivity contribution in [2.45, 2.75) is 16.7 Å². The molecular formula is C13H13N3O4S2. The van der Waals surface area contributed by atoms with Gasteiger partial charge in [-0.25, -0.2) is 0 Å². The monoisotopic (exact) mass is 339 g/mol. The molecule has 1 aromatic heterocycles. The molecule has 1 aliphatic rings. The molecule has 2 aromatic rings. The highest BCUT2D eigenvalue weighted by Crippen LogP contribution is 2.32. The molecule has 0 saturated heterocycles. The predicted octanol–water partition coefficient (Wildman–Crippen LogP) is 0.583. The molecule has 9 heteroatoms. The van der Waals surface area contributed by atoms with Gasteiger partial charge >= 0.3 is 10.1 Å². The maximum atomic E-state index is 12.2. The molecule has 1 atom stereocenters. The van der Waals surface area contributed by atoms with Gasteiger partial charge in [0, 0.05) is 12.1 Å². The second-order valence-corrected chi connectivity index (χ2v) is 7.38. The first kappa shape index (κ1) is 14.9. The van der Waals surface area contributed by atoms with Crippen molar-refractivity contribution >= 4 is 27.4 Å². The normalized spacial score (nSPS) is 17.7. The minimum absolute atomic E-state index is 0.0329. The number of carbonyl (C=O) groups excluding carboxylic acids is 1. The maximum Gasteiger partial charge on any atom is 0.350 e. The number of rotatable bonds is 4. The summed E-state index contributed by atoms with van der Waals surface area (Å²) in [6.07, 6.45) is 1.79. The Labute approximate surface area is 131 Å². The SMILES string of the molecule is NC(=O)C1NCCc2c(OS(=O)(=O)c3cncs3)cccc21.